The molecule has 0 spiro atoms. The van der Waals surface area contributed by atoms with Crippen LogP contribution in [0.4, 0.5) is 0 Å². The molecule has 0 bridgehead atoms. The lowest BCUT2D eigenvalue weighted by atomic mass is 10.0. The minimum atomic E-state index is -1.10. The van der Waals surface area contributed by atoms with Crippen LogP contribution in [-0.2, 0) is 14.4 Å². The van der Waals surface area contributed by atoms with Crippen molar-refractivity contribution in [3.05, 3.63) is 59.9 Å². The van der Waals surface area contributed by atoms with Gasteiger partial charge in [0.15, 0.2) is 6.23 Å². The number of pyridine rings is 1. The quantitative estimate of drug-likeness (QED) is 0.303. The molecule has 2 atom stereocenters. The first-order chi connectivity index (χ1) is 15.3. The zero-order chi connectivity index (χ0) is 23.3. The van der Waals surface area contributed by atoms with Crippen LogP contribution in [0.25, 0.3) is 0 Å². The average molecular weight is 439 g/mol. The topological polar surface area (TPSA) is 150 Å². The van der Waals surface area contributed by atoms with E-state index in [1.54, 1.807) is 36.4 Å². The maximum Gasteiger partial charge on any atom is 0.315 e. The number of amides is 2. The van der Waals surface area contributed by atoms with Crippen LogP contribution in [0.5, 0.6) is 5.75 Å². The summed E-state index contributed by atoms with van der Waals surface area (Å²) in [5.41, 5.74) is 6.58. The van der Waals surface area contributed by atoms with Crippen molar-refractivity contribution in [3.63, 3.8) is 0 Å². The van der Waals surface area contributed by atoms with Gasteiger partial charge in [0.1, 0.15) is 11.6 Å². The number of aromatic nitrogens is 1. The molecular weight excluding hydrogens is 414 g/mol. The predicted octanol–water partition coefficient (Wildman–Crippen LogP) is 1.37. The molecule has 1 aromatic carbocycles. The third kappa shape index (κ3) is 5.02. The highest BCUT2D eigenvalue weighted by Crippen LogP contribution is 2.29. The normalized spacial score (nSPS) is 17.2. The molecule has 0 saturated carbocycles. The van der Waals surface area contributed by atoms with Gasteiger partial charge in [-0.1, -0.05) is 6.92 Å². The molecule has 3 rings (SSSR count). The van der Waals surface area contributed by atoms with Crippen LogP contribution in [0.15, 0.2) is 48.8 Å². The van der Waals surface area contributed by atoms with Gasteiger partial charge in [-0.3, -0.25) is 29.7 Å². The van der Waals surface area contributed by atoms with E-state index < -0.39 is 30.1 Å². The summed E-state index contributed by atoms with van der Waals surface area (Å²) in [4.78, 5) is 44.0. The Bertz CT molecular complexity index is 996. The third-order valence-corrected chi connectivity index (χ3v) is 5.14. The van der Waals surface area contributed by atoms with Gasteiger partial charge in [0.05, 0.1) is 19.0 Å². The van der Waals surface area contributed by atoms with Crippen LogP contribution in [0.3, 0.4) is 0 Å². The lowest BCUT2D eigenvalue weighted by Gasteiger charge is -2.43. The number of amidine groups is 1. The van der Waals surface area contributed by atoms with Crippen LogP contribution in [0, 0.1) is 5.41 Å². The monoisotopic (exact) mass is 439 g/mol. The Balaban J connectivity index is 1.92. The molecule has 1 aliphatic rings. The van der Waals surface area contributed by atoms with E-state index in [9.17, 15) is 19.5 Å². The fraction of sp³-hybridized carbons (Fsp3) is 0.318. The lowest BCUT2D eigenvalue weighted by molar-refractivity contribution is -0.169. The number of piperazine rings is 1. The van der Waals surface area contributed by atoms with Gasteiger partial charge in [0, 0.05) is 24.5 Å². The molecule has 168 valence electrons. The first-order valence-electron chi connectivity index (χ1n) is 10.2. The van der Waals surface area contributed by atoms with Crippen molar-refractivity contribution in [1.29, 1.82) is 5.41 Å². The molecule has 0 aliphatic carbocycles. The van der Waals surface area contributed by atoms with E-state index in [0.717, 1.165) is 0 Å². The molecule has 1 aliphatic heterocycles. The Morgan fingerprint density at radius 1 is 1.22 bits per heavy atom. The van der Waals surface area contributed by atoms with Crippen molar-refractivity contribution in [2.75, 3.05) is 13.1 Å². The Morgan fingerprint density at radius 3 is 2.44 bits per heavy atom. The Kier molecular flexibility index (Phi) is 7.04. The molecule has 2 aromatic rings. The van der Waals surface area contributed by atoms with E-state index in [1.807, 2.05) is 6.92 Å². The van der Waals surface area contributed by atoms with Crippen molar-refractivity contribution in [3.8, 4) is 5.75 Å². The summed E-state index contributed by atoms with van der Waals surface area (Å²) in [6, 6.07) is 8.91. The number of nitrogens with zero attached hydrogens (tertiary/aromatic N) is 3. The molecule has 10 heteroatoms. The van der Waals surface area contributed by atoms with Gasteiger partial charge in [-0.15, -0.1) is 0 Å². The van der Waals surface area contributed by atoms with Gasteiger partial charge >= 0.3 is 17.8 Å². The maximum atomic E-state index is 13.0. The molecule has 0 radical (unpaired) electrons. The maximum absolute atomic E-state index is 13.0. The number of ether oxygens (including phenoxy) is 1. The van der Waals surface area contributed by atoms with E-state index in [4.69, 9.17) is 15.9 Å². The van der Waals surface area contributed by atoms with Crippen molar-refractivity contribution >= 4 is 23.6 Å². The summed E-state index contributed by atoms with van der Waals surface area (Å²) in [6.45, 7) is 2.19. The smallest absolute Gasteiger partial charge is 0.315 e. The number of hydrogen-bond donors (Lipinski definition) is 3. The number of carbonyl (C=O) groups excluding carboxylic acids is 2. The van der Waals surface area contributed by atoms with Gasteiger partial charge < -0.3 is 20.5 Å². The second-order valence-corrected chi connectivity index (χ2v) is 7.36. The summed E-state index contributed by atoms with van der Waals surface area (Å²) in [5, 5.41) is 16.9. The number of hydrogen-bond acceptors (Lipinski definition) is 6. The highest BCUT2D eigenvalue weighted by Gasteiger charge is 2.43. The standard InChI is InChI=1S/C22H25N5O5/c1-2-11-26-18(32-16-5-3-15(4-6-16)20(23)24)13-27(22(31)21(26)30)17(12-19(28)29)14-7-9-25-10-8-14/h3-10,17-18H,2,11-13H2,1H3,(H3,23,24)(H,28,29). The number of carboxylic acids is 1. The van der Waals surface area contributed by atoms with E-state index in [-0.39, 0.29) is 18.8 Å². The van der Waals surface area contributed by atoms with E-state index in [0.29, 0.717) is 29.8 Å². The van der Waals surface area contributed by atoms with Crippen molar-refractivity contribution < 1.29 is 24.2 Å². The van der Waals surface area contributed by atoms with Gasteiger partial charge in [-0.25, -0.2) is 0 Å². The molecule has 2 heterocycles. The summed E-state index contributed by atoms with van der Waals surface area (Å²) in [5.74, 6) is -2.26. The van der Waals surface area contributed by atoms with E-state index in [2.05, 4.69) is 4.98 Å². The Hall–Kier alpha value is -3.95. The average Bonchev–Trinajstić information content (AvgIpc) is 2.78. The van der Waals surface area contributed by atoms with Crippen LogP contribution in [-0.4, -0.2) is 62.8 Å². The zero-order valence-corrected chi connectivity index (χ0v) is 17.6. The first-order valence-corrected chi connectivity index (χ1v) is 10.2. The fourth-order valence-electron chi connectivity index (χ4n) is 3.61. The van der Waals surface area contributed by atoms with Gasteiger partial charge in [-0.05, 0) is 48.4 Å². The van der Waals surface area contributed by atoms with Crippen molar-refractivity contribution in [2.24, 2.45) is 5.73 Å². The summed E-state index contributed by atoms with van der Waals surface area (Å²) < 4.78 is 6.04. The Labute approximate surface area is 185 Å². The molecular formula is C22H25N5O5. The van der Waals surface area contributed by atoms with Crippen molar-refractivity contribution in [2.45, 2.75) is 32.0 Å². The molecule has 4 N–H and O–H groups in total. The minimum Gasteiger partial charge on any atom is -0.481 e. The molecule has 2 amide bonds. The number of nitrogens with two attached hydrogens (primary N) is 1. The lowest BCUT2D eigenvalue weighted by Crippen LogP contribution is -2.62. The molecule has 2 unspecified atom stereocenters. The largest absolute Gasteiger partial charge is 0.481 e. The second kappa shape index (κ2) is 9.90. The summed E-state index contributed by atoms with van der Waals surface area (Å²) >= 11 is 0. The predicted molar refractivity (Wildman–Crippen MR) is 115 cm³/mol. The first kappa shape index (κ1) is 22.7. The number of benzene rings is 1. The number of aliphatic carboxylic acids is 1. The van der Waals surface area contributed by atoms with Crippen LogP contribution < -0.4 is 10.5 Å². The second-order valence-electron chi connectivity index (χ2n) is 7.36. The van der Waals surface area contributed by atoms with E-state index >= 15 is 0 Å². The molecule has 1 fully saturated rings. The van der Waals surface area contributed by atoms with E-state index in [1.165, 1.54) is 22.2 Å². The molecule has 1 aromatic heterocycles. The number of carbonyl (C=O) groups is 3. The number of carboxylic acid groups (broad SMARTS) is 1. The third-order valence-electron chi connectivity index (χ3n) is 5.14. The molecule has 32 heavy (non-hydrogen) atoms. The highest BCUT2D eigenvalue weighted by molar-refractivity contribution is 6.35. The number of rotatable bonds is 9. The minimum absolute atomic E-state index is 0.000692. The molecule has 10 nitrogen and oxygen atoms in total. The van der Waals surface area contributed by atoms with Crippen LogP contribution in [0.1, 0.15) is 36.9 Å². The fourth-order valence-corrected chi connectivity index (χ4v) is 3.61. The zero-order valence-electron chi connectivity index (χ0n) is 17.6. The van der Waals surface area contributed by atoms with Crippen LogP contribution in [0.2, 0.25) is 0 Å². The Morgan fingerprint density at radius 2 is 1.88 bits per heavy atom. The number of nitrogen functional groups attached to an aromatic ring is 1. The number of nitrogens with one attached hydrogen (secondary N) is 1. The van der Waals surface area contributed by atoms with Crippen LogP contribution >= 0.6 is 0 Å². The SMILES string of the molecule is CCCN1C(=O)C(=O)N(C(CC(=O)O)c2ccncc2)CC1Oc1ccc(C(=N)N)cc1. The van der Waals surface area contributed by atoms with Gasteiger partial charge in [0.25, 0.3) is 0 Å². The highest BCUT2D eigenvalue weighted by atomic mass is 16.5. The summed E-state index contributed by atoms with van der Waals surface area (Å²) in [6.07, 6.45) is 2.46. The van der Waals surface area contributed by atoms with Crippen molar-refractivity contribution in [1.82, 2.24) is 14.8 Å². The molecule has 1 saturated heterocycles. The van der Waals surface area contributed by atoms with Gasteiger partial charge in [0.2, 0.25) is 0 Å². The van der Waals surface area contributed by atoms with Gasteiger partial charge in [-0.2, -0.15) is 0 Å². The summed E-state index contributed by atoms with van der Waals surface area (Å²) in [7, 11) is 0.